The second kappa shape index (κ2) is 8.64. The van der Waals surface area contributed by atoms with E-state index in [4.69, 9.17) is 14.6 Å². The molecule has 0 N–H and O–H groups in total. The van der Waals surface area contributed by atoms with Gasteiger partial charge in [0, 0.05) is 0 Å². The van der Waals surface area contributed by atoms with Crippen LogP contribution in [0.2, 0.25) is 9.88 Å². The Bertz CT molecular complexity index is 1030. The van der Waals surface area contributed by atoms with E-state index < -0.39 is 19.8 Å². The van der Waals surface area contributed by atoms with E-state index >= 15 is 0 Å². The van der Waals surface area contributed by atoms with Gasteiger partial charge in [-0.3, -0.25) is 0 Å². The van der Waals surface area contributed by atoms with Crippen molar-refractivity contribution >= 4 is 34.4 Å². The van der Waals surface area contributed by atoms with Gasteiger partial charge in [0.25, 0.3) is 0 Å². The monoisotopic (exact) mass is 504 g/mol. The second-order valence-electron chi connectivity index (χ2n) is 8.04. The zero-order valence-corrected chi connectivity index (χ0v) is 21.0. The first-order chi connectivity index (χ1) is 14.0. The zero-order chi connectivity index (χ0) is 20.5. The molecule has 0 aliphatic carbocycles. The number of hydrogen-bond acceptors (Lipinski definition) is 3. The van der Waals surface area contributed by atoms with E-state index in [1.54, 1.807) is 6.07 Å². The molecule has 29 heavy (non-hydrogen) atoms. The van der Waals surface area contributed by atoms with Gasteiger partial charge in [-0.05, 0) is 0 Å². The number of hydrogen-bond donors (Lipinski definition) is 0. The molecular weight excluding hydrogens is 474 g/mol. The molecule has 1 saturated heterocycles. The number of nitrogens with zero attached hydrogens (tertiary/aromatic N) is 2. The Morgan fingerprint density at radius 3 is 2.72 bits per heavy atom. The van der Waals surface area contributed by atoms with Gasteiger partial charge in [0.15, 0.2) is 0 Å². The van der Waals surface area contributed by atoms with Crippen molar-refractivity contribution in [3.8, 4) is 16.9 Å². The summed E-state index contributed by atoms with van der Waals surface area (Å²) in [6.45, 7) is 2.87. The Kier molecular flexibility index (Phi) is 6.16. The summed E-state index contributed by atoms with van der Waals surface area (Å²) in [6, 6.07) is 9.85. The van der Waals surface area contributed by atoms with Crippen LogP contribution in [0.25, 0.3) is 22.0 Å². The third kappa shape index (κ3) is 3.91. The fourth-order valence-corrected chi connectivity index (χ4v) is 7.69. The van der Waals surface area contributed by atoms with Crippen LogP contribution in [0.1, 0.15) is 38.0 Å². The molecule has 1 aliphatic heterocycles. The fourth-order valence-electron chi connectivity index (χ4n) is 4.20. The minimum absolute atomic E-state index is 0.00135. The number of aryl methyl sites for hydroxylation is 1. The van der Waals surface area contributed by atoms with Gasteiger partial charge < -0.3 is 0 Å². The molecule has 6 heteroatoms. The summed E-state index contributed by atoms with van der Waals surface area (Å²) in [5, 5.41) is 6.26. The van der Waals surface area contributed by atoms with Gasteiger partial charge in [-0.15, -0.1) is 0 Å². The average Bonchev–Trinajstić information content (AvgIpc) is 3.13. The maximum atomic E-state index is 14.5. The number of rotatable bonds is 5. The van der Waals surface area contributed by atoms with Gasteiger partial charge in [-0.1, -0.05) is 0 Å². The van der Waals surface area contributed by atoms with E-state index in [1.165, 1.54) is 16.2 Å². The SMILES string of the molecule is CCc1cc(OC)c(F)cc1-c1ccc2[c]([SnH]([CH3])[CH3])nn(C3CCCCO3)c2c1. The van der Waals surface area contributed by atoms with Crippen LogP contribution in [0.3, 0.4) is 0 Å². The summed E-state index contributed by atoms with van der Waals surface area (Å²) in [7, 11) is 1.51. The van der Waals surface area contributed by atoms with E-state index in [0.29, 0.717) is 5.75 Å². The predicted molar refractivity (Wildman–Crippen MR) is 118 cm³/mol. The van der Waals surface area contributed by atoms with Crippen LogP contribution in [0.4, 0.5) is 4.39 Å². The second-order valence-corrected chi connectivity index (χ2v) is 16.2. The molecule has 0 bridgehead atoms. The van der Waals surface area contributed by atoms with E-state index in [0.717, 1.165) is 54.5 Å². The summed E-state index contributed by atoms with van der Waals surface area (Å²) in [4.78, 5) is 4.74. The van der Waals surface area contributed by atoms with E-state index in [-0.39, 0.29) is 12.0 Å². The molecule has 4 nitrogen and oxygen atoms in total. The van der Waals surface area contributed by atoms with Gasteiger partial charge in [0.1, 0.15) is 0 Å². The van der Waals surface area contributed by atoms with Crippen molar-refractivity contribution in [3.05, 3.63) is 41.7 Å². The Labute approximate surface area is 178 Å². The molecule has 0 saturated carbocycles. The van der Waals surface area contributed by atoms with E-state index in [1.807, 2.05) is 6.07 Å². The quantitative estimate of drug-likeness (QED) is 0.470. The topological polar surface area (TPSA) is 36.3 Å². The molecule has 2 heterocycles. The number of fused-ring (bicyclic) bond motifs is 1. The third-order valence-corrected chi connectivity index (χ3v) is 10.1. The molecule has 2 aromatic carbocycles. The summed E-state index contributed by atoms with van der Waals surface area (Å²) in [6.07, 6.45) is 4.07. The summed E-state index contributed by atoms with van der Waals surface area (Å²) < 4.78 is 29.1. The molecule has 0 spiro atoms. The molecule has 1 aliphatic rings. The zero-order valence-electron chi connectivity index (χ0n) is 17.7. The number of methoxy groups -OCH3 is 1. The molecule has 3 aromatic rings. The van der Waals surface area contributed by atoms with Crippen molar-refractivity contribution < 1.29 is 13.9 Å². The summed E-state index contributed by atoms with van der Waals surface area (Å²) in [5.74, 6) is -0.0357. The van der Waals surface area contributed by atoms with Crippen LogP contribution in [-0.2, 0) is 11.2 Å². The Balaban J connectivity index is 1.88. The number of benzene rings is 2. The Hall–Kier alpha value is -1.60. The third-order valence-electron chi connectivity index (χ3n) is 5.78. The van der Waals surface area contributed by atoms with Crippen LogP contribution in [0, 0.1) is 5.82 Å². The fraction of sp³-hybridized carbons (Fsp3) is 0.435. The predicted octanol–water partition coefficient (Wildman–Crippen LogP) is 4.81. The van der Waals surface area contributed by atoms with Crippen LogP contribution in [0.5, 0.6) is 5.75 Å². The van der Waals surface area contributed by atoms with Gasteiger partial charge in [0.05, 0.1) is 0 Å². The average molecular weight is 503 g/mol. The number of ether oxygens (including phenoxy) is 2. The van der Waals surface area contributed by atoms with Crippen molar-refractivity contribution in [3.63, 3.8) is 0 Å². The summed E-state index contributed by atoms with van der Waals surface area (Å²) in [5.41, 5.74) is 4.11. The molecule has 1 unspecified atom stereocenters. The Morgan fingerprint density at radius 1 is 1.24 bits per heavy atom. The van der Waals surface area contributed by atoms with Gasteiger partial charge >= 0.3 is 179 Å². The molecule has 0 amide bonds. The van der Waals surface area contributed by atoms with Crippen molar-refractivity contribution in [2.24, 2.45) is 0 Å². The first-order valence-electron chi connectivity index (χ1n) is 10.5. The number of aromatic nitrogens is 2. The minimum atomic E-state index is -1.83. The molecular formula is C23H29FN2O2Sn. The first kappa shape index (κ1) is 20.7. The number of halogens is 1. The van der Waals surface area contributed by atoms with Crippen LogP contribution >= 0.6 is 0 Å². The van der Waals surface area contributed by atoms with Crippen molar-refractivity contribution in [1.82, 2.24) is 9.78 Å². The Morgan fingerprint density at radius 2 is 2.07 bits per heavy atom. The normalized spacial score (nSPS) is 17.2. The van der Waals surface area contributed by atoms with Crippen LogP contribution in [-0.4, -0.2) is 43.3 Å². The first-order valence-corrected chi connectivity index (χ1v) is 18.8. The van der Waals surface area contributed by atoms with Crippen molar-refractivity contribution in [2.75, 3.05) is 13.7 Å². The van der Waals surface area contributed by atoms with E-state index in [2.05, 4.69) is 39.7 Å². The van der Waals surface area contributed by atoms with Gasteiger partial charge in [-0.25, -0.2) is 0 Å². The molecule has 1 atom stereocenters. The van der Waals surface area contributed by atoms with Crippen molar-refractivity contribution in [2.45, 2.75) is 48.7 Å². The standard InChI is InChI=1S/C21H22FN2O2.2CH3.Sn.H/c1-3-14-11-20(25-2)18(22)12-17(14)15-7-8-16-13-23-24(19(16)10-15)21-6-4-5-9-26-21;;;;/h7-8,10-12,21H,3-6,9H2,1-2H3;2*1H3;;. The molecule has 1 aromatic heterocycles. The van der Waals surface area contributed by atoms with Crippen LogP contribution < -0.4 is 8.45 Å². The van der Waals surface area contributed by atoms with Crippen molar-refractivity contribution in [1.29, 1.82) is 0 Å². The maximum absolute atomic E-state index is 14.5. The summed E-state index contributed by atoms with van der Waals surface area (Å²) >= 11 is -1.83. The van der Waals surface area contributed by atoms with Gasteiger partial charge in [-0.2, -0.15) is 0 Å². The molecule has 1 fully saturated rings. The van der Waals surface area contributed by atoms with E-state index in [9.17, 15) is 4.39 Å². The molecule has 0 radical (unpaired) electrons. The van der Waals surface area contributed by atoms with Gasteiger partial charge in [0.2, 0.25) is 0 Å². The molecule has 154 valence electrons. The van der Waals surface area contributed by atoms with Crippen LogP contribution in [0.15, 0.2) is 30.3 Å². The molecule has 4 rings (SSSR count).